The van der Waals surface area contributed by atoms with Gasteiger partial charge in [-0.25, -0.2) is 4.68 Å². The predicted octanol–water partition coefficient (Wildman–Crippen LogP) is -1.36. The zero-order valence-electron chi connectivity index (χ0n) is 7.01. The molecule has 12 heavy (non-hydrogen) atoms. The maximum atomic E-state index is 9.30. The minimum atomic E-state index is -0.334. The number of likely N-dealkylation sites (N-methyl/N-ethyl adjacent to an activating group) is 1. The molecule has 1 unspecified atom stereocenters. The van der Waals surface area contributed by atoms with Crippen LogP contribution in [0.3, 0.4) is 0 Å². The quantitative estimate of drug-likeness (QED) is 0.572. The molecule has 0 radical (unpaired) electrons. The molecule has 0 aromatic carbocycles. The van der Waals surface area contributed by atoms with Crippen molar-refractivity contribution in [2.24, 2.45) is 0 Å². The Morgan fingerprint density at radius 2 is 2.50 bits per heavy atom. The Morgan fingerprint density at radius 1 is 1.67 bits per heavy atom. The van der Waals surface area contributed by atoms with Crippen LogP contribution in [-0.2, 0) is 6.54 Å². The molecule has 6 nitrogen and oxygen atoms in total. The fourth-order valence-electron chi connectivity index (χ4n) is 0.902. The van der Waals surface area contributed by atoms with E-state index in [2.05, 4.69) is 20.8 Å². The molecule has 0 bridgehead atoms. The summed E-state index contributed by atoms with van der Waals surface area (Å²) in [5, 5.41) is 22.8. The first kappa shape index (κ1) is 9.08. The van der Waals surface area contributed by atoms with E-state index in [0.29, 0.717) is 19.5 Å². The molecule has 6 heteroatoms. The van der Waals surface area contributed by atoms with E-state index in [1.807, 2.05) is 0 Å². The molecule has 1 aromatic rings. The van der Waals surface area contributed by atoms with Crippen molar-refractivity contribution in [3.8, 4) is 0 Å². The molecule has 0 aliphatic carbocycles. The fourth-order valence-corrected chi connectivity index (χ4v) is 0.902. The van der Waals surface area contributed by atoms with E-state index in [-0.39, 0.29) is 6.10 Å². The molecular weight excluding hydrogens is 158 g/mol. The van der Waals surface area contributed by atoms with Crippen LogP contribution in [0.1, 0.15) is 6.42 Å². The average molecular weight is 171 g/mol. The molecular formula is C6H13N5O. The van der Waals surface area contributed by atoms with Crippen LogP contribution in [0, 0.1) is 0 Å². The second-order valence-electron chi connectivity index (χ2n) is 2.57. The first-order valence-electron chi connectivity index (χ1n) is 3.86. The lowest BCUT2D eigenvalue weighted by molar-refractivity contribution is 0.156. The zero-order valence-corrected chi connectivity index (χ0v) is 7.01. The maximum absolute atomic E-state index is 9.30. The van der Waals surface area contributed by atoms with Gasteiger partial charge in [-0.3, -0.25) is 0 Å². The first-order chi connectivity index (χ1) is 5.83. The Bertz CT molecular complexity index is 200. The highest BCUT2D eigenvalue weighted by Gasteiger charge is 2.02. The summed E-state index contributed by atoms with van der Waals surface area (Å²) in [4.78, 5) is 0. The number of tetrazole rings is 1. The second kappa shape index (κ2) is 4.78. The van der Waals surface area contributed by atoms with E-state index in [0.717, 1.165) is 0 Å². The number of nitrogens with zero attached hydrogens (tertiary/aromatic N) is 4. The highest BCUT2D eigenvalue weighted by molar-refractivity contribution is 4.58. The Balaban J connectivity index is 2.17. The zero-order chi connectivity index (χ0) is 8.81. The molecule has 0 amide bonds. The standard InChI is InChI=1S/C6H13N5O/c1-7-4-6(12)2-3-11-5-8-9-10-11/h5-7,12H,2-4H2,1H3. The van der Waals surface area contributed by atoms with Gasteiger partial charge in [-0.2, -0.15) is 0 Å². The van der Waals surface area contributed by atoms with Gasteiger partial charge >= 0.3 is 0 Å². The average Bonchev–Trinajstić information content (AvgIpc) is 2.53. The summed E-state index contributed by atoms with van der Waals surface area (Å²) in [5.74, 6) is 0. The largest absolute Gasteiger partial charge is 0.392 e. The minimum Gasteiger partial charge on any atom is -0.392 e. The van der Waals surface area contributed by atoms with Gasteiger partial charge in [0.05, 0.1) is 6.10 Å². The van der Waals surface area contributed by atoms with Crippen LogP contribution in [0.15, 0.2) is 6.33 Å². The van der Waals surface area contributed by atoms with Crippen LogP contribution < -0.4 is 5.32 Å². The van der Waals surface area contributed by atoms with Gasteiger partial charge in [-0.1, -0.05) is 0 Å². The SMILES string of the molecule is CNCC(O)CCn1cnnn1. The number of aromatic nitrogens is 4. The first-order valence-corrected chi connectivity index (χ1v) is 3.86. The topological polar surface area (TPSA) is 75.9 Å². The van der Waals surface area contributed by atoms with Crippen LogP contribution in [0.4, 0.5) is 0 Å². The highest BCUT2D eigenvalue weighted by atomic mass is 16.3. The van der Waals surface area contributed by atoms with Gasteiger partial charge < -0.3 is 10.4 Å². The molecule has 1 rings (SSSR count). The molecule has 68 valence electrons. The van der Waals surface area contributed by atoms with Crippen LogP contribution in [0.25, 0.3) is 0 Å². The summed E-state index contributed by atoms with van der Waals surface area (Å²) in [6.07, 6.45) is 1.86. The fraction of sp³-hybridized carbons (Fsp3) is 0.833. The van der Waals surface area contributed by atoms with Gasteiger partial charge in [0.2, 0.25) is 0 Å². The molecule has 1 aromatic heterocycles. The van der Waals surface area contributed by atoms with Crippen molar-refractivity contribution < 1.29 is 5.11 Å². The van der Waals surface area contributed by atoms with Crippen LogP contribution >= 0.6 is 0 Å². The molecule has 0 spiro atoms. The maximum Gasteiger partial charge on any atom is 0.138 e. The number of nitrogens with one attached hydrogen (secondary N) is 1. The summed E-state index contributed by atoms with van der Waals surface area (Å²) < 4.78 is 1.60. The number of aryl methyl sites for hydroxylation is 1. The van der Waals surface area contributed by atoms with Gasteiger partial charge in [0, 0.05) is 13.1 Å². The van der Waals surface area contributed by atoms with Crippen molar-refractivity contribution in [1.82, 2.24) is 25.5 Å². The van der Waals surface area contributed by atoms with Gasteiger partial charge in [0.15, 0.2) is 0 Å². The second-order valence-corrected chi connectivity index (χ2v) is 2.57. The minimum absolute atomic E-state index is 0.334. The lowest BCUT2D eigenvalue weighted by Gasteiger charge is -2.08. The number of aliphatic hydroxyl groups is 1. The van der Waals surface area contributed by atoms with Crippen LogP contribution in [0.2, 0.25) is 0 Å². The highest BCUT2D eigenvalue weighted by Crippen LogP contribution is 1.92. The Morgan fingerprint density at radius 3 is 3.08 bits per heavy atom. The lowest BCUT2D eigenvalue weighted by Crippen LogP contribution is -2.24. The van der Waals surface area contributed by atoms with Gasteiger partial charge in [-0.15, -0.1) is 5.10 Å². The van der Waals surface area contributed by atoms with Gasteiger partial charge in [-0.05, 0) is 23.9 Å². The number of hydrogen-bond acceptors (Lipinski definition) is 5. The molecule has 1 atom stereocenters. The third-order valence-electron chi connectivity index (χ3n) is 1.52. The molecule has 2 N–H and O–H groups in total. The molecule has 0 aliphatic heterocycles. The van der Waals surface area contributed by atoms with E-state index < -0.39 is 0 Å². The van der Waals surface area contributed by atoms with E-state index >= 15 is 0 Å². The smallest absolute Gasteiger partial charge is 0.138 e. The van der Waals surface area contributed by atoms with E-state index in [9.17, 15) is 5.11 Å². The summed E-state index contributed by atoms with van der Waals surface area (Å²) in [7, 11) is 1.81. The van der Waals surface area contributed by atoms with E-state index in [1.165, 1.54) is 6.33 Å². The Labute approximate surface area is 70.6 Å². The van der Waals surface area contributed by atoms with Gasteiger partial charge in [0.1, 0.15) is 6.33 Å². The summed E-state index contributed by atoms with van der Waals surface area (Å²) in [6, 6.07) is 0. The molecule has 0 saturated carbocycles. The molecule has 0 aliphatic rings. The molecule has 0 saturated heterocycles. The Kier molecular flexibility index (Phi) is 3.62. The number of aliphatic hydroxyl groups excluding tert-OH is 1. The van der Waals surface area contributed by atoms with Crippen molar-refractivity contribution >= 4 is 0 Å². The lowest BCUT2D eigenvalue weighted by atomic mass is 10.2. The number of hydrogen-bond donors (Lipinski definition) is 2. The Hall–Kier alpha value is -1.01. The van der Waals surface area contributed by atoms with E-state index in [1.54, 1.807) is 11.7 Å². The van der Waals surface area contributed by atoms with Crippen LogP contribution in [-0.4, -0.2) is 45.0 Å². The number of rotatable bonds is 5. The third-order valence-corrected chi connectivity index (χ3v) is 1.52. The monoisotopic (exact) mass is 171 g/mol. The normalized spacial score (nSPS) is 13.2. The van der Waals surface area contributed by atoms with Crippen molar-refractivity contribution in [1.29, 1.82) is 0 Å². The van der Waals surface area contributed by atoms with Crippen molar-refractivity contribution in [3.05, 3.63) is 6.33 Å². The summed E-state index contributed by atoms with van der Waals surface area (Å²) in [6.45, 7) is 1.25. The molecule has 0 fully saturated rings. The predicted molar refractivity (Wildman–Crippen MR) is 42.4 cm³/mol. The molecule has 1 heterocycles. The summed E-state index contributed by atoms with van der Waals surface area (Å²) in [5.41, 5.74) is 0. The third kappa shape index (κ3) is 2.93. The van der Waals surface area contributed by atoms with Gasteiger partial charge in [0.25, 0.3) is 0 Å². The summed E-state index contributed by atoms with van der Waals surface area (Å²) >= 11 is 0. The van der Waals surface area contributed by atoms with Crippen molar-refractivity contribution in [2.45, 2.75) is 19.1 Å². The van der Waals surface area contributed by atoms with E-state index in [4.69, 9.17) is 0 Å². The van der Waals surface area contributed by atoms with Crippen molar-refractivity contribution in [3.63, 3.8) is 0 Å². The van der Waals surface area contributed by atoms with Crippen LogP contribution in [0.5, 0.6) is 0 Å². The van der Waals surface area contributed by atoms with Crippen molar-refractivity contribution in [2.75, 3.05) is 13.6 Å².